The number of allylic oxidation sites excluding steroid dienone is 1. The number of piperazine rings is 1. The minimum atomic E-state index is -1.14. The second-order valence-electron chi connectivity index (χ2n) is 12.3. The predicted molar refractivity (Wildman–Crippen MR) is 197 cm³/mol. The molecule has 53 heavy (non-hydrogen) atoms. The Labute approximate surface area is 310 Å². The number of rotatable bonds is 11. The third kappa shape index (κ3) is 9.82. The Morgan fingerprint density at radius 1 is 1.13 bits per heavy atom. The molecule has 2 aliphatic heterocycles. The van der Waals surface area contributed by atoms with Crippen LogP contribution in [0.3, 0.4) is 0 Å². The van der Waals surface area contributed by atoms with Crippen molar-refractivity contribution in [3.63, 3.8) is 0 Å². The minimum Gasteiger partial charge on any atom is -0.483 e. The maximum Gasteiger partial charge on any atom is 0.291 e. The molecule has 0 unspecified atom stereocenters. The van der Waals surface area contributed by atoms with Gasteiger partial charge in [0.1, 0.15) is 0 Å². The van der Waals surface area contributed by atoms with E-state index in [1.807, 2.05) is 4.90 Å². The Kier molecular flexibility index (Phi) is 14.6. The van der Waals surface area contributed by atoms with Crippen molar-refractivity contribution in [1.82, 2.24) is 24.7 Å². The number of hydrogen-bond donors (Lipinski definition) is 4. The van der Waals surface area contributed by atoms with E-state index in [0.29, 0.717) is 63.1 Å². The van der Waals surface area contributed by atoms with Crippen molar-refractivity contribution in [1.29, 1.82) is 0 Å². The molecule has 3 aromatic rings. The number of nitrogens with zero attached hydrogens (tertiary/aromatic N) is 5. The van der Waals surface area contributed by atoms with Crippen LogP contribution < -0.4 is 16.4 Å². The molecule has 0 bridgehead atoms. The van der Waals surface area contributed by atoms with E-state index < -0.39 is 17.5 Å². The van der Waals surface area contributed by atoms with Gasteiger partial charge in [0.2, 0.25) is 5.91 Å². The molecular weight excluding hydrogens is 714 g/mol. The molecule has 14 nitrogen and oxygen atoms in total. The summed E-state index contributed by atoms with van der Waals surface area (Å²) in [5, 5.41) is 13.0. The zero-order valence-electron chi connectivity index (χ0n) is 29.7. The van der Waals surface area contributed by atoms with E-state index in [9.17, 15) is 14.4 Å². The molecule has 284 valence electrons. The van der Waals surface area contributed by atoms with Crippen molar-refractivity contribution in [2.24, 2.45) is 23.7 Å². The van der Waals surface area contributed by atoms with Crippen LogP contribution in [0, 0.1) is 17.6 Å². The van der Waals surface area contributed by atoms with Crippen molar-refractivity contribution in [2.75, 3.05) is 64.8 Å². The summed E-state index contributed by atoms with van der Waals surface area (Å²) in [6, 6.07) is 7.33. The Morgan fingerprint density at radius 2 is 1.81 bits per heavy atom. The van der Waals surface area contributed by atoms with Gasteiger partial charge in [-0.3, -0.25) is 24.2 Å². The van der Waals surface area contributed by atoms with Gasteiger partial charge in [-0.1, -0.05) is 17.7 Å². The van der Waals surface area contributed by atoms with Crippen LogP contribution in [0.2, 0.25) is 5.02 Å². The summed E-state index contributed by atoms with van der Waals surface area (Å²) >= 11 is 6.50. The molecule has 0 radical (unpaired) electrons. The second kappa shape index (κ2) is 19.0. The van der Waals surface area contributed by atoms with Crippen LogP contribution in [-0.2, 0) is 21.4 Å². The van der Waals surface area contributed by atoms with E-state index in [1.165, 1.54) is 55.4 Å². The van der Waals surface area contributed by atoms with Crippen LogP contribution in [0.4, 0.5) is 14.5 Å². The summed E-state index contributed by atoms with van der Waals surface area (Å²) in [5.74, 6) is -2.75. The van der Waals surface area contributed by atoms with Crippen LogP contribution >= 0.6 is 11.6 Å². The number of aliphatic imine (C=N–C) groups is 1. The molecule has 0 saturated carbocycles. The Bertz CT molecular complexity index is 1870. The first kappa shape index (κ1) is 40.6. The van der Waals surface area contributed by atoms with Crippen molar-refractivity contribution in [2.45, 2.75) is 19.8 Å². The maximum atomic E-state index is 15.5. The SMILES string of the molecule is COCCN=C(C)/C(=C\N)c1ccc(-c2cnc(C(=O)Nc3ccc(C(=O)N4CCN(C(=O)C[C@@H]5CCNC5)CC4)c(Cl)c3)n2C)c(F)c1F.O=CO. The molecule has 2 aliphatic rings. The zero-order chi connectivity index (χ0) is 38.7. The quantitative estimate of drug-likeness (QED) is 0.129. The molecule has 5 N–H and O–H groups in total. The number of methoxy groups -OCH3 is 1. The average molecular weight is 757 g/mol. The first-order valence-electron chi connectivity index (χ1n) is 16.8. The lowest BCUT2D eigenvalue weighted by molar-refractivity contribution is -0.133. The smallest absolute Gasteiger partial charge is 0.291 e. The summed E-state index contributed by atoms with van der Waals surface area (Å²) in [6.45, 7) is 5.59. The molecule has 0 aliphatic carbocycles. The molecule has 3 amide bonds. The van der Waals surface area contributed by atoms with Crippen LogP contribution in [0.5, 0.6) is 0 Å². The van der Waals surface area contributed by atoms with Gasteiger partial charge in [0.05, 0.1) is 35.6 Å². The van der Waals surface area contributed by atoms with Crippen LogP contribution in [-0.4, -0.2) is 114 Å². The van der Waals surface area contributed by atoms with E-state index in [2.05, 4.69) is 20.6 Å². The summed E-state index contributed by atoms with van der Waals surface area (Å²) in [7, 11) is 3.04. The molecule has 1 atom stereocenters. The highest BCUT2D eigenvalue weighted by Crippen LogP contribution is 2.31. The molecule has 0 spiro atoms. The third-order valence-corrected chi connectivity index (χ3v) is 9.36. The molecule has 2 fully saturated rings. The largest absolute Gasteiger partial charge is 0.483 e. The van der Waals surface area contributed by atoms with E-state index >= 15 is 8.78 Å². The first-order chi connectivity index (χ1) is 25.4. The van der Waals surface area contributed by atoms with Crippen LogP contribution in [0.15, 0.2) is 47.7 Å². The minimum absolute atomic E-state index is 0.0590. The Morgan fingerprint density at radius 3 is 2.43 bits per heavy atom. The standard InChI is InChI=1S/C35H41ClF2N8O4.CH2O2/c1-21(41-10-15-50-3)27(18-39)24-6-7-26(32(38)31(24)37)29-20-42-33(44(29)2)34(48)43-23-4-5-25(28(36)17-23)35(49)46-13-11-45(12-14-46)30(47)16-22-8-9-40-19-22;2-1-3/h4-7,17-18,20,22,40H,8-16,19,39H2,1-3H3,(H,43,48);1H,(H,2,3)/b27-18+,41-21?;/t22-;/m0./s1. The second-order valence-corrected chi connectivity index (χ2v) is 12.8. The van der Waals surface area contributed by atoms with Gasteiger partial charge < -0.3 is 40.6 Å². The average Bonchev–Trinajstić information content (AvgIpc) is 3.80. The summed E-state index contributed by atoms with van der Waals surface area (Å²) < 4.78 is 37.1. The van der Waals surface area contributed by atoms with Crippen molar-refractivity contribution in [3.05, 3.63) is 76.3 Å². The van der Waals surface area contributed by atoms with Crippen molar-refractivity contribution in [3.8, 4) is 11.3 Å². The molecular formula is C36H43ClF2N8O6. The highest BCUT2D eigenvalue weighted by molar-refractivity contribution is 6.34. The molecule has 17 heteroatoms. The lowest BCUT2D eigenvalue weighted by Gasteiger charge is -2.35. The van der Waals surface area contributed by atoms with Crippen molar-refractivity contribution < 1.29 is 37.8 Å². The third-order valence-electron chi connectivity index (χ3n) is 9.04. The molecule has 1 aromatic heterocycles. The van der Waals surface area contributed by atoms with Gasteiger partial charge in [-0.15, -0.1) is 0 Å². The number of carboxylic acid groups (broad SMARTS) is 1. The number of halogens is 3. The predicted octanol–water partition coefficient (Wildman–Crippen LogP) is 3.66. The fourth-order valence-corrected chi connectivity index (χ4v) is 6.43. The van der Waals surface area contributed by atoms with Gasteiger partial charge in [-0.2, -0.15) is 0 Å². The Hall–Kier alpha value is -5.19. The van der Waals surface area contributed by atoms with Gasteiger partial charge in [-0.05, 0) is 56.6 Å². The Balaban J connectivity index is 0.00000202. The number of anilines is 1. The number of nitrogens with one attached hydrogen (secondary N) is 2. The lowest BCUT2D eigenvalue weighted by atomic mass is 9.99. The van der Waals surface area contributed by atoms with E-state index in [4.69, 9.17) is 32.0 Å². The number of nitrogens with two attached hydrogens (primary N) is 1. The van der Waals surface area contributed by atoms with Crippen LogP contribution in [0.25, 0.3) is 16.8 Å². The summed E-state index contributed by atoms with van der Waals surface area (Å²) in [5.41, 5.74) is 6.98. The number of carbonyl (C=O) groups excluding carboxylic acids is 3. The fraction of sp³-hybridized carbons (Fsp3) is 0.389. The highest BCUT2D eigenvalue weighted by Gasteiger charge is 2.28. The summed E-state index contributed by atoms with van der Waals surface area (Å²) in [6.07, 6.45) is 3.96. The van der Waals surface area contributed by atoms with Gasteiger partial charge >= 0.3 is 0 Å². The van der Waals surface area contributed by atoms with Gasteiger partial charge in [-0.25, -0.2) is 13.8 Å². The number of ether oxygens (including phenoxy) is 1. The fourth-order valence-electron chi connectivity index (χ4n) is 6.17. The summed E-state index contributed by atoms with van der Waals surface area (Å²) in [4.78, 5) is 59.5. The molecule has 5 rings (SSSR count). The molecule has 2 saturated heterocycles. The number of carbonyl (C=O) groups is 4. The molecule has 3 heterocycles. The van der Waals surface area contributed by atoms with Gasteiger partial charge in [0, 0.05) is 81.1 Å². The van der Waals surface area contributed by atoms with Gasteiger partial charge in [0.15, 0.2) is 17.5 Å². The number of imidazole rings is 1. The topological polar surface area (TPSA) is 184 Å². The van der Waals surface area contributed by atoms with Crippen molar-refractivity contribution >= 4 is 52.8 Å². The van der Waals surface area contributed by atoms with Crippen LogP contribution in [0.1, 0.15) is 46.3 Å². The van der Waals surface area contributed by atoms with Gasteiger partial charge in [0.25, 0.3) is 18.3 Å². The number of hydrogen-bond acceptors (Lipinski definition) is 9. The lowest BCUT2D eigenvalue weighted by Crippen LogP contribution is -2.51. The van der Waals surface area contributed by atoms with E-state index in [1.54, 1.807) is 17.9 Å². The highest BCUT2D eigenvalue weighted by atomic mass is 35.5. The maximum absolute atomic E-state index is 15.5. The van der Waals surface area contributed by atoms with E-state index in [0.717, 1.165) is 19.5 Å². The first-order valence-corrected chi connectivity index (χ1v) is 17.2. The normalized spacial score (nSPS) is 16.2. The number of amides is 3. The van der Waals surface area contributed by atoms with E-state index in [-0.39, 0.29) is 57.1 Å². The number of aromatic nitrogens is 2. The monoisotopic (exact) mass is 756 g/mol. The molecule has 2 aromatic carbocycles. The number of benzene rings is 2. The zero-order valence-corrected chi connectivity index (χ0v) is 30.5.